The zero-order chi connectivity index (χ0) is 17.8. The third kappa shape index (κ3) is 3.76. The molecule has 0 fully saturated rings. The number of rotatable bonds is 5. The molecule has 128 valence electrons. The van der Waals surface area contributed by atoms with Crippen LogP contribution in [-0.2, 0) is 4.79 Å². The minimum atomic E-state index is -0.0541. The maximum Gasteiger partial charge on any atom is 0.234 e. The molecule has 2 aromatic carbocycles. The van der Waals surface area contributed by atoms with Gasteiger partial charge in [0.2, 0.25) is 5.91 Å². The van der Waals surface area contributed by atoms with Gasteiger partial charge in [0, 0.05) is 11.1 Å². The SMILES string of the molecule is O=C(CSc1nc(-c2cccs2)nc2ccccc12)Nc1ccccc1. The second kappa shape index (κ2) is 7.68. The molecule has 1 amide bonds. The van der Waals surface area contributed by atoms with Gasteiger partial charge in [0.15, 0.2) is 5.82 Å². The number of nitrogens with zero attached hydrogens (tertiary/aromatic N) is 2. The second-order valence-corrected chi connectivity index (χ2v) is 7.46. The van der Waals surface area contributed by atoms with Gasteiger partial charge in [-0.05, 0) is 29.6 Å². The van der Waals surface area contributed by atoms with Crippen LogP contribution < -0.4 is 5.32 Å². The Labute approximate surface area is 159 Å². The molecular weight excluding hydrogens is 362 g/mol. The number of hydrogen-bond acceptors (Lipinski definition) is 5. The number of aromatic nitrogens is 2. The fourth-order valence-corrected chi connectivity index (χ4v) is 4.00. The van der Waals surface area contributed by atoms with E-state index in [2.05, 4.69) is 10.3 Å². The summed E-state index contributed by atoms with van der Waals surface area (Å²) in [5.41, 5.74) is 1.68. The van der Waals surface area contributed by atoms with E-state index in [1.54, 1.807) is 11.3 Å². The van der Waals surface area contributed by atoms with Gasteiger partial charge < -0.3 is 5.32 Å². The van der Waals surface area contributed by atoms with Crippen molar-refractivity contribution >= 4 is 45.6 Å². The maximum atomic E-state index is 12.3. The third-order valence-corrected chi connectivity index (χ3v) is 5.56. The zero-order valence-corrected chi connectivity index (χ0v) is 15.4. The molecule has 26 heavy (non-hydrogen) atoms. The second-order valence-electron chi connectivity index (χ2n) is 5.55. The third-order valence-electron chi connectivity index (χ3n) is 3.71. The van der Waals surface area contributed by atoms with Gasteiger partial charge in [-0.25, -0.2) is 9.97 Å². The summed E-state index contributed by atoms with van der Waals surface area (Å²) in [7, 11) is 0. The van der Waals surface area contributed by atoms with Crippen molar-refractivity contribution in [3.05, 3.63) is 72.1 Å². The number of fused-ring (bicyclic) bond motifs is 1. The van der Waals surface area contributed by atoms with Gasteiger partial charge in [0.1, 0.15) is 5.03 Å². The number of thiophene rings is 1. The van der Waals surface area contributed by atoms with Crippen LogP contribution in [0.4, 0.5) is 5.69 Å². The Balaban J connectivity index is 1.58. The Morgan fingerprint density at radius 3 is 2.58 bits per heavy atom. The standard InChI is InChI=1S/C20H15N3OS2/c24-18(21-14-7-2-1-3-8-14)13-26-20-15-9-4-5-10-16(15)22-19(23-20)17-11-6-12-25-17/h1-12H,13H2,(H,21,24). The molecule has 0 saturated heterocycles. The van der Waals surface area contributed by atoms with Gasteiger partial charge >= 0.3 is 0 Å². The predicted molar refractivity (Wildman–Crippen MR) is 109 cm³/mol. The number of amides is 1. The van der Waals surface area contributed by atoms with Crippen molar-refractivity contribution in [1.29, 1.82) is 0 Å². The lowest BCUT2D eigenvalue weighted by Crippen LogP contribution is -2.14. The van der Waals surface area contributed by atoms with Crippen molar-refractivity contribution in [2.75, 3.05) is 11.1 Å². The fraction of sp³-hybridized carbons (Fsp3) is 0.0500. The van der Waals surface area contributed by atoms with Crippen molar-refractivity contribution in [2.24, 2.45) is 0 Å². The first-order chi connectivity index (χ1) is 12.8. The lowest BCUT2D eigenvalue weighted by Gasteiger charge is -2.08. The van der Waals surface area contributed by atoms with Gasteiger partial charge in [-0.3, -0.25) is 4.79 Å². The molecular formula is C20H15N3OS2. The molecule has 4 aromatic rings. The number of benzene rings is 2. The number of nitrogens with one attached hydrogen (secondary N) is 1. The van der Waals surface area contributed by atoms with E-state index >= 15 is 0 Å². The highest BCUT2D eigenvalue weighted by Crippen LogP contribution is 2.30. The predicted octanol–water partition coefficient (Wildman–Crippen LogP) is 5.09. The summed E-state index contributed by atoms with van der Waals surface area (Å²) < 4.78 is 0. The molecule has 0 spiro atoms. The number of para-hydroxylation sites is 2. The Kier molecular flexibility index (Phi) is 4.95. The molecule has 0 aliphatic rings. The summed E-state index contributed by atoms with van der Waals surface area (Å²) in [6.45, 7) is 0. The summed E-state index contributed by atoms with van der Waals surface area (Å²) in [5.74, 6) is 0.936. The molecule has 0 saturated carbocycles. The van der Waals surface area contributed by atoms with Crippen LogP contribution in [-0.4, -0.2) is 21.6 Å². The van der Waals surface area contributed by atoms with Gasteiger partial charge in [-0.15, -0.1) is 11.3 Å². The topological polar surface area (TPSA) is 54.9 Å². The van der Waals surface area contributed by atoms with Crippen molar-refractivity contribution in [2.45, 2.75) is 5.03 Å². The molecule has 2 aromatic heterocycles. The lowest BCUT2D eigenvalue weighted by molar-refractivity contribution is -0.113. The average Bonchev–Trinajstić information content (AvgIpc) is 3.21. The Hall–Kier alpha value is -2.70. The van der Waals surface area contributed by atoms with E-state index in [9.17, 15) is 4.79 Å². The van der Waals surface area contributed by atoms with Crippen molar-refractivity contribution in [3.63, 3.8) is 0 Å². The van der Waals surface area contributed by atoms with E-state index in [-0.39, 0.29) is 5.91 Å². The highest BCUT2D eigenvalue weighted by molar-refractivity contribution is 8.00. The van der Waals surface area contributed by atoms with E-state index in [1.807, 2.05) is 72.1 Å². The molecule has 0 bridgehead atoms. The molecule has 1 N–H and O–H groups in total. The van der Waals surface area contributed by atoms with Gasteiger partial charge in [-0.2, -0.15) is 0 Å². The van der Waals surface area contributed by atoms with E-state index in [4.69, 9.17) is 4.98 Å². The number of anilines is 1. The minimum Gasteiger partial charge on any atom is -0.325 e. The first-order valence-corrected chi connectivity index (χ1v) is 9.94. The largest absolute Gasteiger partial charge is 0.325 e. The van der Waals surface area contributed by atoms with Crippen molar-refractivity contribution in [3.8, 4) is 10.7 Å². The number of carbonyl (C=O) groups excluding carboxylic acids is 1. The van der Waals surface area contributed by atoms with Crippen LogP contribution in [0.3, 0.4) is 0 Å². The molecule has 2 heterocycles. The van der Waals surface area contributed by atoms with E-state index in [1.165, 1.54) is 11.8 Å². The maximum absolute atomic E-state index is 12.3. The van der Waals surface area contributed by atoms with Crippen LogP contribution in [0.1, 0.15) is 0 Å². The van der Waals surface area contributed by atoms with Gasteiger partial charge in [-0.1, -0.05) is 54.2 Å². The first-order valence-electron chi connectivity index (χ1n) is 8.08. The van der Waals surface area contributed by atoms with Gasteiger partial charge in [0.25, 0.3) is 0 Å². The number of carbonyl (C=O) groups is 1. The van der Waals surface area contributed by atoms with Crippen LogP contribution in [0.15, 0.2) is 77.1 Å². The van der Waals surface area contributed by atoms with Crippen LogP contribution >= 0.6 is 23.1 Å². The summed E-state index contributed by atoms with van der Waals surface area (Å²) >= 11 is 3.04. The summed E-state index contributed by atoms with van der Waals surface area (Å²) in [6.07, 6.45) is 0. The molecule has 4 rings (SSSR count). The summed E-state index contributed by atoms with van der Waals surface area (Å²) in [6, 6.07) is 21.3. The van der Waals surface area contributed by atoms with Crippen LogP contribution in [0.2, 0.25) is 0 Å². The number of thioether (sulfide) groups is 1. The summed E-state index contributed by atoms with van der Waals surface area (Å²) in [5, 5.41) is 6.69. The molecule has 6 heteroatoms. The van der Waals surface area contributed by atoms with Crippen molar-refractivity contribution < 1.29 is 4.79 Å². The lowest BCUT2D eigenvalue weighted by atomic mass is 10.2. The molecule has 0 unspecified atom stereocenters. The van der Waals surface area contributed by atoms with Gasteiger partial charge in [0.05, 0.1) is 16.1 Å². The average molecular weight is 377 g/mol. The first kappa shape index (κ1) is 16.8. The normalized spacial score (nSPS) is 10.8. The molecule has 0 aliphatic heterocycles. The fourth-order valence-electron chi connectivity index (χ4n) is 2.53. The minimum absolute atomic E-state index is 0.0541. The Morgan fingerprint density at radius 2 is 1.77 bits per heavy atom. The highest BCUT2D eigenvalue weighted by atomic mass is 32.2. The smallest absolute Gasteiger partial charge is 0.234 e. The Morgan fingerprint density at radius 1 is 0.962 bits per heavy atom. The van der Waals surface area contributed by atoms with E-state index in [0.29, 0.717) is 11.6 Å². The molecule has 4 nitrogen and oxygen atoms in total. The Bertz CT molecular complexity index is 1030. The van der Waals surface area contributed by atoms with E-state index < -0.39 is 0 Å². The van der Waals surface area contributed by atoms with Crippen molar-refractivity contribution in [1.82, 2.24) is 9.97 Å². The van der Waals surface area contributed by atoms with Crippen LogP contribution in [0, 0.1) is 0 Å². The number of hydrogen-bond donors (Lipinski definition) is 1. The monoisotopic (exact) mass is 377 g/mol. The van der Waals surface area contributed by atoms with E-state index in [0.717, 1.165) is 26.5 Å². The van der Waals surface area contributed by atoms with Crippen LogP contribution in [0.5, 0.6) is 0 Å². The quantitative estimate of drug-likeness (QED) is 0.389. The van der Waals surface area contributed by atoms with Crippen LogP contribution in [0.25, 0.3) is 21.6 Å². The molecule has 0 aliphatic carbocycles. The summed E-state index contributed by atoms with van der Waals surface area (Å²) in [4.78, 5) is 22.6. The zero-order valence-electron chi connectivity index (χ0n) is 13.8. The molecule has 0 atom stereocenters. The highest BCUT2D eigenvalue weighted by Gasteiger charge is 2.12. The molecule has 0 radical (unpaired) electrons.